The van der Waals surface area contributed by atoms with E-state index in [1.54, 1.807) is 41.3 Å². The van der Waals surface area contributed by atoms with Crippen molar-refractivity contribution in [3.63, 3.8) is 0 Å². The summed E-state index contributed by atoms with van der Waals surface area (Å²) in [5.74, 6) is 0.831. The third kappa shape index (κ3) is 3.74. The molecule has 0 spiro atoms. The molecule has 0 atom stereocenters. The van der Waals surface area contributed by atoms with Crippen LogP contribution in [0.2, 0.25) is 0 Å². The number of amides is 2. The quantitative estimate of drug-likeness (QED) is 0.794. The number of carbonyl (C=O) groups excluding carboxylic acids is 2. The van der Waals surface area contributed by atoms with Crippen molar-refractivity contribution in [3.05, 3.63) is 60.1 Å². The summed E-state index contributed by atoms with van der Waals surface area (Å²) < 4.78 is 5.24. The fraction of sp³-hybridized carbons (Fsp3) is 0.263. The number of carbonyl (C=O) groups is 2. The van der Waals surface area contributed by atoms with Crippen molar-refractivity contribution in [1.82, 2.24) is 4.90 Å². The number of benzene rings is 1. The highest BCUT2D eigenvalue weighted by Gasteiger charge is 2.21. The molecular formula is C19H20N2O3. The first kappa shape index (κ1) is 16.1. The van der Waals surface area contributed by atoms with Gasteiger partial charge in [-0.05, 0) is 42.3 Å². The molecule has 1 aromatic heterocycles. The number of furan rings is 1. The van der Waals surface area contributed by atoms with E-state index in [2.05, 4.69) is 0 Å². The van der Waals surface area contributed by atoms with Gasteiger partial charge < -0.3 is 14.2 Å². The maximum Gasteiger partial charge on any atom is 0.246 e. The zero-order chi connectivity index (χ0) is 16.9. The Morgan fingerprint density at radius 1 is 1.29 bits per heavy atom. The second-order valence-electron chi connectivity index (χ2n) is 5.85. The van der Waals surface area contributed by atoms with E-state index < -0.39 is 0 Å². The fourth-order valence-electron chi connectivity index (χ4n) is 2.70. The Balaban J connectivity index is 1.59. The molecule has 0 saturated carbocycles. The molecule has 124 valence electrons. The lowest BCUT2D eigenvalue weighted by molar-refractivity contribution is -0.125. The standard InChI is InChI=1S/C19H20N2O3/c1-20(14-17-4-3-13-24-17)18(22)11-8-15-6-9-16(10-7-15)21-12-2-5-19(21)23/h3-4,6-11,13H,2,5,12,14H2,1H3. The lowest BCUT2D eigenvalue weighted by atomic mass is 10.2. The number of hydrogen-bond donors (Lipinski definition) is 0. The fourth-order valence-corrected chi connectivity index (χ4v) is 2.70. The topological polar surface area (TPSA) is 53.8 Å². The van der Waals surface area contributed by atoms with Crippen molar-refractivity contribution in [1.29, 1.82) is 0 Å². The van der Waals surface area contributed by atoms with Crippen molar-refractivity contribution in [2.24, 2.45) is 0 Å². The summed E-state index contributed by atoms with van der Waals surface area (Å²) in [6, 6.07) is 11.3. The van der Waals surface area contributed by atoms with Gasteiger partial charge in [0.15, 0.2) is 0 Å². The maximum atomic E-state index is 12.1. The molecule has 2 aromatic rings. The summed E-state index contributed by atoms with van der Waals surface area (Å²) in [6.45, 7) is 1.22. The molecule has 24 heavy (non-hydrogen) atoms. The maximum absolute atomic E-state index is 12.1. The smallest absolute Gasteiger partial charge is 0.246 e. The van der Waals surface area contributed by atoms with Crippen molar-refractivity contribution in [2.45, 2.75) is 19.4 Å². The first-order chi connectivity index (χ1) is 11.6. The van der Waals surface area contributed by atoms with E-state index >= 15 is 0 Å². The Morgan fingerprint density at radius 3 is 2.71 bits per heavy atom. The van der Waals surface area contributed by atoms with Crippen LogP contribution in [-0.2, 0) is 16.1 Å². The second kappa shape index (κ2) is 7.17. The van der Waals surface area contributed by atoms with Crippen LogP contribution in [0.1, 0.15) is 24.2 Å². The van der Waals surface area contributed by atoms with Gasteiger partial charge in [0.25, 0.3) is 0 Å². The van der Waals surface area contributed by atoms with Gasteiger partial charge in [-0.2, -0.15) is 0 Å². The third-order valence-corrected chi connectivity index (χ3v) is 4.05. The van der Waals surface area contributed by atoms with Crippen LogP contribution in [0.5, 0.6) is 0 Å². The summed E-state index contributed by atoms with van der Waals surface area (Å²) in [5, 5.41) is 0. The van der Waals surface area contributed by atoms with E-state index in [0.29, 0.717) is 13.0 Å². The van der Waals surface area contributed by atoms with Gasteiger partial charge >= 0.3 is 0 Å². The molecule has 1 saturated heterocycles. The molecule has 0 radical (unpaired) electrons. The minimum absolute atomic E-state index is 0.0924. The van der Waals surface area contributed by atoms with E-state index in [0.717, 1.165) is 30.0 Å². The van der Waals surface area contributed by atoms with Crippen molar-refractivity contribution in [2.75, 3.05) is 18.5 Å². The molecule has 0 N–H and O–H groups in total. The van der Waals surface area contributed by atoms with Crippen molar-refractivity contribution >= 4 is 23.6 Å². The zero-order valence-corrected chi connectivity index (χ0v) is 13.6. The molecular weight excluding hydrogens is 304 g/mol. The Labute approximate surface area is 141 Å². The van der Waals surface area contributed by atoms with Crippen LogP contribution < -0.4 is 4.90 Å². The molecule has 1 aliphatic heterocycles. The lowest BCUT2D eigenvalue weighted by Crippen LogP contribution is -2.23. The average molecular weight is 324 g/mol. The average Bonchev–Trinajstić information content (AvgIpc) is 3.24. The highest BCUT2D eigenvalue weighted by atomic mass is 16.3. The normalized spacial score (nSPS) is 14.5. The Morgan fingerprint density at radius 2 is 2.08 bits per heavy atom. The van der Waals surface area contributed by atoms with Gasteiger partial charge in [-0.3, -0.25) is 9.59 Å². The monoisotopic (exact) mass is 324 g/mol. The summed E-state index contributed by atoms with van der Waals surface area (Å²) in [6.07, 6.45) is 6.45. The van der Waals surface area contributed by atoms with Crippen LogP contribution >= 0.6 is 0 Å². The Hall–Kier alpha value is -2.82. The van der Waals surface area contributed by atoms with E-state index in [-0.39, 0.29) is 11.8 Å². The summed E-state index contributed by atoms with van der Waals surface area (Å²) >= 11 is 0. The molecule has 1 fully saturated rings. The van der Waals surface area contributed by atoms with Gasteiger partial charge in [0, 0.05) is 31.8 Å². The van der Waals surface area contributed by atoms with Gasteiger partial charge in [0.2, 0.25) is 11.8 Å². The minimum Gasteiger partial charge on any atom is -0.467 e. The molecule has 1 aliphatic rings. The predicted octanol–water partition coefficient (Wildman–Crippen LogP) is 3.08. The molecule has 3 rings (SSSR count). The minimum atomic E-state index is -0.0924. The SMILES string of the molecule is CN(Cc1ccco1)C(=O)C=Cc1ccc(N2CCCC2=O)cc1. The Bertz CT molecular complexity index is 732. The molecule has 0 unspecified atom stereocenters. The van der Waals surface area contributed by atoms with Crippen molar-refractivity contribution < 1.29 is 14.0 Å². The Kier molecular flexibility index (Phi) is 4.79. The number of nitrogens with zero attached hydrogens (tertiary/aromatic N) is 2. The summed E-state index contributed by atoms with van der Waals surface area (Å²) in [4.78, 5) is 27.2. The van der Waals surface area contributed by atoms with Gasteiger partial charge in [-0.25, -0.2) is 0 Å². The number of likely N-dealkylation sites (N-methyl/N-ethyl adjacent to an activating group) is 1. The van der Waals surface area contributed by atoms with Crippen LogP contribution in [0.4, 0.5) is 5.69 Å². The van der Waals surface area contributed by atoms with Crippen LogP contribution in [0, 0.1) is 0 Å². The van der Waals surface area contributed by atoms with Crippen molar-refractivity contribution in [3.8, 4) is 0 Å². The van der Waals surface area contributed by atoms with Gasteiger partial charge in [0.1, 0.15) is 5.76 Å². The predicted molar refractivity (Wildman–Crippen MR) is 92.2 cm³/mol. The molecule has 5 heteroatoms. The largest absolute Gasteiger partial charge is 0.467 e. The van der Waals surface area contributed by atoms with Crippen LogP contribution in [0.25, 0.3) is 6.08 Å². The summed E-state index contributed by atoms with van der Waals surface area (Å²) in [7, 11) is 1.73. The highest BCUT2D eigenvalue weighted by molar-refractivity contribution is 5.95. The van der Waals surface area contributed by atoms with Crippen LogP contribution in [-0.4, -0.2) is 30.3 Å². The first-order valence-corrected chi connectivity index (χ1v) is 7.99. The highest BCUT2D eigenvalue weighted by Crippen LogP contribution is 2.21. The number of rotatable bonds is 5. The van der Waals surface area contributed by atoms with Gasteiger partial charge in [-0.1, -0.05) is 12.1 Å². The third-order valence-electron chi connectivity index (χ3n) is 4.05. The van der Waals surface area contributed by atoms with Gasteiger partial charge in [-0.15, -0.1) is 0 Å². The van der Waals surface area contributed by atoms with E-state index in [1.165, 1.54) is 0 Å². The lowest BCUT2D eigenvalue weighted by Gasteiger charge is -2.15. The van der Waals surface area contributed by atoms with Crippen LogP contribution in [0.3, 0.4) is 0 Å². The summed E-state index contributed by atoms with van der Waals surface area (Å²) in [5.41, 5.74) is 1.83. The molecule has 5 nitrogen and oxygen atoms in total. The van der Waals surface area contributed by atoms with E-state index in [4.69, 9.17) is 4.42 Å². The second-order valence-corrected chi connectivity index (χ2v) is 5.85. The molecule has 2 heterocycles. The molecule has 2 amide bonds. The van der Waals surface area contributed by atoms with Crippen LogP contribution in [0.15, 0.2) is 53.2 Å². The van der Waals surface area contributed by atoms with E-state index in [1.807, 2.05) is 30.3 Å². The number of anilines is 1. The molecule has 0 bridgehead atoms. The van der Waals surface area contributed by atoms with E-state index in [9.17, 15) is 9.59 Å². The molecule has 1 aromatic carbocycles. The first-order valence-electron chi connectivity index (χ1n) is 7.99. The molecule has 0 aliphatic carbocycles. The zero-order valence-electron chi connectivity index (χ0n) is 13.6. The number of hydrogen-bond acceptors (Lipinski definition) is 3. The van der Waals surface area contributed by atoms with Gasteiger partial charge in [0.05, 0.1) is 12.8 Å².